The molecule has 0 aromatic rings. The van der Waals surface area contributed by atoms with E-state index in [1.807, 2.05) is 0 Å². The summed E-state index contributed by atoms with van der Waals surface area (Å²) in [6.07, 6.45) is 4.52. The Kier molecular flexibility index (Phi) is 6.73. The lowest BCUT2D eigenvalue weighted by molar-refractivity contribution is 0.254. The summed E-state index contributed by atoms with van der Waals surface area (Å²) in [7, 11) is -3.22. The Morgan fingerprint density at radius 3 is 2.42 bits per heavy atom. The van der Waals surface area contributed by atoms with Crippen LogP contribution in [0.25, 0.3) is 0 Å². The van der Waals surface area contributed by atoms with Crippen LogP contribution in [0.15, 0.2) is 0 Å². The van der Waals surface area contributed by atoms with Crippen LogP contribution in [0.1, 0.15) is 39.5 Å². The summed E-state index contributed by atoms with van der Waals surface area (Å²) in [6, 6.07) is 0. The molecular formula is C8H19O3P. The highest BCUT2D eigenvalue weighted by Crippen LogP contribution is 2.40. The molecule has 0 aliphatic carbocycles. The topological polar surface area (TPSA) is 46.5 Å². The summed E-state index contributed by atoms with van der Waals surface area (Å²) in [5.74, 6) is 0. The number of hydrogen-bond donors (Lipinski definition) is 1. The van der Waals surface area contributed by atoms with E-state index in [9.17, 15) is 4.57 Å². The first-order chi connectivity index (χ1) is 5.62. The number of unbranched alkanes of at least 4 members (excludes halogenated alkanes) is 3. The van der Waals surface area contributed by atoms with E-state index in [4.69, 9.17) is 9.42 Å². The maximum absolute atomic E-state index is 10.9. The summed E-state index contributed by atoms with van der Waals surface area (Å²) < 4.78 is 15.8. The molecule has 0 aliphatic heterocycles. The highest BCUT2D eigenvalue weighted by molar-refractivity contribution is 7.52. The van der Waals surface area contributed by atoms with E-state index >= 15 is 0 Å². The van der Waals surface area contributed by atoms with Crippen molar-refractivity contribution in [3.63, 3.8) is 0 Å². The highest BCUT2D eigenvalue weighted by Gasteiger charge is 2.14. The third-order valence-electron chi connectivity index (χ3n) is 1.69. The van der Waals surface area contributed by atoms with Crippen molar-refractivity contribution in [1.82, 2.24) is 0 Å². The first kappa shape index (κ1) is 12.2. The van der Waals surface area contributed by atoms with Crippen molar-refractivity contribution in [2.45, 2.75) is 39.5 Å². The van der Waals surface area contributed by atoms with Crippen LogP contribution in [0.3, 0.4) is 0 Å². The average Bonchev–Trinajstić information content (AvgIpc) is 2.04. The summed E-state index contributed by atoms with van der Waals surface area (Å²) in [5, 5.41) is 0. The van der Waals surface area contributed by atoms with Crippen molar-refractivity contribution in [2.24, 2.45) is 0 Å². The van der Waals surface area contributed by atoms with E-state index in [0.717, 1.165) is 12.8 Å². The molecule has 74 valence electrons. The van der Waals surface area contributed by atoms with Gasteiger partial charge in [-0.05, 0) is 6.42 Å². The standard InChI is InChI=1S/C8H19O3P/c1-3-5-6-7-8-11-12(9,10)4-2/h3-8H2,1-2H3,(H,9,10). The maximum Gasteiger partial charge on any atom is 0.327 e. The molecule has 0 fully saturated rings. The van der Waals surface area contributed by atoms with Crippen LogP contribution < -0.4 is 0 Å². The van der Waals surface area contributed by atoms with Gasteiger partial charge in [-0.1, -0.05) is 33.1 Å². The Morgan fingerprint density at radius 1 is 1.25 bits per heavy atom. The third-order valence-corrected chi connectivity index (χ3v) is 3.08. The van der Waals surface area contributed by atoms with Gasteiger partial charge in [-0.2, -0.15) is 0 Å². The zero-order valence-electron chi connectivity index (χ0n) is 7.95. The number of hydrogen-bond acceptors (Lipinski definition) is 2. The van der Waals surface area contributed by atoms with Crippen molar-refractivity contribution < 1.29 is 14.0 Å². The molecule has 1 N–H and O–H groups in total. The van der Waals surface area contributed by atoms with Crippen LogP contribution in [0.5, 0.6) is 0 Å². The highest BCUT2D eigenvalue weighted by atomic mass is 31.2. The smallest absolute Gasteiger partial charge is 0.324 e. The molecule has 4 heteroatoms. The Balaban J connectivity index is 3.25. The Labute approximate surface area is 74.7 Å². The second-order valence-electron chi connectivity index (χ2n) is 2.85. The molecule has 12 heavy (non-hydrogen) atoms. The molecular weight excluding hydrogens is 175 g/mol. The Bertz CT molecular complexity index is 147. The molecule has 3 nitrogen and oxygen atoms in total. The Morgan fingerprint density at radius 2 is 1.92 bits per heavy atom. The van der Waals surface area contributed by atoms with Gasteiger partial charge in [0.05, 0.1) is 6.61 Å². The van der Waals surface area contributed by atoms with E-state index < -0.39 is 7.60 Å². The SMILES string of the molecule is CCCCCCOP(=O)(O)CC. The molecule has 0 bridgehead atoms. The van der Waals surface area contributed by atoms with Gasteiger partial charge in [0.2, 0.25) is 0 Å². The van der Waals surface area contributed by atoms with Gasteiger partial charge < -0.3 is 9.42 Å². The van der Waals surface area contributed by atoms with Crippen LogP contribution in [0, 0.1) is 0 Å². The van der Waals surface area contributed by atoms with Crippen LogP contribution >= 0.6 is 7.60 Å². The lowest BCUT2D eigenvalue weighted by Crippen LogP contribution is -1.94. The zero-order chi connectivity index (χ0) is 9.45. The molecule has 0 radical (unpaired) electrons. The van der Waals surface area contributed by atoms with Gasteiger partial charge in [0.15, 0.2) is 0 Å². The predicted octanol–water partition coefficient (Wildman–Crippen LogP) is 2.79. The lowest BCUT2D eigenvalue weighted by Gasteiger charge is -2.08. The fourth-order valence-electron chi connectivity index (χ4n) is 0.827. The lowest BCUT2D eigenvalue weighted by atomic mass is 10.2. The molecule has 0 saturated carbocycles. The monoisotopic (exact) mass is 194 g/mol. The van der Waals surface area contributed by atoms with Crippen molar-refractivity contribution in [3.05, 3.63) is 0 Å². The average molecular weight is 194 g/mol. The largest absolute Gasteiger partial charge is 0.327 e. The fourth-order valence-corrected chi connectivity index (χ4v) is 1.42. The first-order valence-electron chi connectivity index (χ1n) is 4.58. The van der Waals surface area contributed by atoms with Gasteiger partial charge >= 0.3 is 7.60 Å². The maximum atomic E-state index is 10.9. The summed E-state index contributed by atoms with van der Waals surface area (Å²) >= 11 is 0. The van der Waals surface area contributed by atoms with E-state index in [-0.39, 0.29) is 6.16 Å². The molecule has 0 aliphatic rings. The predicted molar refractivity (Wildman–Crippen MR) is 50.5 cm³/mol. The van der Waals surface area contributed by atoms with Gasteiger partial charge in [0, 0.05) is 6.16 Å². The third kappa shape index (κ3) is 6.84. The second-order valence-corrected chi connectivity index (χ2v) is 5.01. The van der Waals surface area contributed by atoms with Gasteiger partial charge in [-0.3, -0.25) is 4.57 Å². The summed E-state index contributed by atoms with van der Waals surface area (Å²) in [6.45, 7) is 4.21. The minimum Gasteiger partial charge on any atom is -0.324 e. The van der Waals surface area contributed by atoms with Crippen LogP contribution in [0.2, 0.25) is 0 Å². The van der Waals surface area contributed by atoms with E-state index in [1.54, 1.807) is 6.92 Å². The van der Waals surface area contributed by atoms with Crippen molar-refractivity contribution in [1.29, 1.82) is 0 Å². The first-order valence-corrected chi connectivity index (χ1v) is 6.35. The van der Waals surface area contributed by atoms with Crippen LogP contribution in [0.4, 0.5) is 0 Å². The van der Waals surface area contributed by atoms with Gasteiger partial charge in [0.1, 0.15) is 0 Å². The van der Waals surface area contributed by atoms with Gasteiger partial charge in [0.25, 0.3) is 0 Å². The second kappa shape index (κ2) is 6.64. The quantitative estimate of drug-likeness (QED) is 0.500. The fraction of sp³-hybridized carbons (Fsp3) is 1.00. The molecule has 0 aromatic carbocycles. The molecule has 0 amide bonds. The van der Waals surface area contributed by atoms with E-state index in [2.05, 4.69) is 6.92 Å². The van der Waals surface area contributed by atoms with Crippen LogP contribution in [-0.2, 0) is 9.09 Å². The minimum atomic E-state index is -3.22. The normalized spacial score (nSPS) is 15.9. The minimum absolute atomic E-state index is 0.209. The van der Waals surface area contributed by atoms with Crippen molar-refractivity contribution in [3.8, 4) is 0 Å². The molecule has 0 spiro atoms. The zero-order valence-corrected chi connectivity index (χ0v) is 8.85. The van der Waals surface area contributed by atoms with Crippen LogP contribution in [-0.4, -0.2) is 17.7 Å². The van der Waals surface area contributed by atoms with Crippen molar-refractivity contribution >= 4 is 7.60 Å². The van der Waals surface area contributed by atoms with E-state index in [0.29, 0.717) is 6.61 Å². The summed E-state index contributed by atoms with van der Waals surface area (Å²) in [4.78, 5) is 9.01. The molecule has 1 atom stereocenters. The number of rotatable bonds is 7. The van der Waals surface area contributed by atoms with Gasteiger partial charge in [-0.25, -0.2) is 0 Å². The molecule has 0 saturated heterocycles. The van der Waals surface area contributed by atoms with Gasteiger partial charge in [-0.15, -0.1) is 0 Å². The van der Waals surface area contributed by atoms with E-state index in [1.165, 1.54) is 12.8 Å². The molecule has 1 unspecified atom stereocenters. The molecule has 0 heterocycles. The molecule has 0 rings (SSSR count). The molecule has 0 aromatic heterocycles. The summed E-state index contributed by atoms with van der Waals surface area (Å²) in [5.41, 5.74) is 0. The Hall–Kier alpha value is 0.150. The van der Waals surface area contributed by atoms with Crippen molar-refractivity contribution in [2.75, 3.05) is 12.8 Å².